The fourth-order valence-electron chi connectivity index (χ4n) is 4.00. The Morgan fingerprint density at radius 1 is 1.23 bits per heavy atom. The summed E-state index contributed by atoms with van der Waals surface area (Å²) in [6, 6.07) is 13.4. The average molecular weight is 509 g/mol. The number of ether oxygens (including phenoxy) is 1. The van der Waals surface area contributed by atoms with Crippen LogP contribution in [0.5, 0.6) is 0 Å². The van der Waals surface area contributed by atoms with Crippen LogP contribution in [0.25, 0.3) is 0 Å². The third-order valence-electron chi connectivity index (χ3n) is 5.55. The van der Waals surface area contributed by atoms with E-state index < -0.39 is 21.9 Å². The van der Waals surface area contributed by atoms with Crippen molar-refractivity contribution in [3.63, 3.8) is 0 Å². The van der Waals surface area contributed by atoms with E-state index in [1.54, 1.807) is 49.5 Å². The smallest absolute Gasteiger partial charge is 0.336 e. The number of hydrogen-bond acceptors (Lipinski definition) is 6. The second kappa shape index (κ2) is 7.99. The van der Waals surface area contributed by atoms with Gasteiger partial charge in [-0.15, -0.1) is 0 Å². The number of benzene rings is 2. The molecule has 1 amide bonds. The van der Waals surface area contributed by atoms with Crippen molar-refractivity contribution in [3.05, 3.63) is 69.7 Å². The van der Waals surface area contributed by atoms with Gasteiger partial charge in [-0.1, -0.05) is 52.3 Å². The number of rotatable bonds is 4. The van der Waals surface area contributed by atoms with Gasteiger partial charge in [0.15, 0.2) is 11.5 Å². The van der Waals surface area contributed by atoms with Gasteiger partial charge in [0.25, 0.3) is 5.91 Å². The van der Waals surface area contributed by atoms with Gasteiger partial charge in [-0.3, -0.25) is 14.2 Å². The number of carbonyl (C=O) groups excluding carboxylic acids is 1. The highest BCUT2D eigenvalue weighted by Crippen LogP contribution is 2.41. The van der Waals surface area contributed by atoms with Crippen LogP contribution in [0.4, 0.5) is 0 Å². The Bertz CT molecular complexity index is 1170. The Morgan fingerprint density at radius 3 is 2.52 bits per heavy atom. The molecule has 31 heavy (non-hydrogen) atoms. The molecule has 11 heteroatoms. The number of amides is 1. The van der Waals surface area contributed by atoms with E-state index in [1.807, 2.05) is 6.07 Å². The summed E-state index contributed by atoms with van der Waals surface area (Å²) in [6.45, 7) is 0.283. The van der Waals surface area contributed by atoms with E-state index in [1.165, 1.54) is 4.90 Å². The van der Waals surface area contributed by atoms with Gasteiger partial charge in [0.05, 0.1) is 19.3 Å². The second-order valence-corrected chi connectivity index (χ2v) is 9.64. The predicted octanol–water partition coefficient (Wildman–Crippen LogP) is 1.66. The minimum Gasteiger partial charge on any atom is -0.378 e. The lowest BCUT2D eigenvalue weighted by molar-refractivity contribution is -0.129. The molecule has 0 spiro atoms. The molecule has 2 aromatic rings. The molecule has 2 heterocycles. The number of halogens is 1. The van der Waals surface area contributed by atoms with Gasteiger partial charge in [0.2, 0.25) is 0 Å². The van der Waals surface area contributed by atoms with Crippen LogP contribution < -0.4 is 5.73 Å². The molecule has 0 bridgehead atoms. The number of morpholine rings is 1. The van der Waals surface area contributed by atoms with E-state index in [-0.39, 0.29) is 31.6 Å². The fourth-order valence-corrected chi connectivity index (χ4v) is 5.20. The molecule has 2 unspecified atom stereocenters. The zero-order valence-corrected chi connectivity index (χ0v) is 19.0. The highest BCUT2D eigenvalue weighted by atomic mass is 79.9. The van der Waals surface area contributed by atoms with Crippen molar-refractivity contribution in [1.29, 1.82) is 0 Å². The van der Waals surface area contributed by atoms with Crippen molar-refractivity contribution in [2.45, 2.75) is 11.6 Å². The first-order valence-corrected chi connectivity index (χ1v) is 11.7. The summed E-state index contributed by atoms with van der Waals surface area (Å²) in [6.07, 6.45) is 0. The zero-order valence-electron chi connectivity index (χ0n) is 16.6. The molecule has 2 aromatic carbocycles. The molecule has 0 aromatic heterocycles. The molecule has 0 aliphatic carbocycles. The summed E-state index contributed by atoms with van der Waals surface area (Å²) in [5.74, 6) is -0.247. The number of likely N-dealkylation sites (N-methyl/N-ethyl adjacent to an activating group) is 1. The molecule has 1 fully saturated rings. The first kappa shape index (κ1) is 21.9. The first-order valence-electron chi connectivity index (χ1n) is 9.46. The van der Waals surface area contributed by atoms with Crippen molar-refractivity contribution < 1.29 is 22.5 Å². The molecule has 164 valence electrons. The van der Waals surface area contributed by atoms with Crippen molar-refractivity contribution >= 4 is 38.1 Å². The fraction of sp³-hybridized carbons (Fsp3) is 0.300. The number of nitrogens with zero attached hydrogens (tertiary/aromatic N) is 3. The Hall–Kier alpha value is -2.31. The third-order valence-corrected chi connectivity index (χ3v) is 7.07. The van der Waals surface area contributed by atoms with E-state index in [2.05, 4.69) is 20.9 Å². The van der Waals surface area contributed by atoms with Gasteiger partial charge in [0, 0.05) is 18.1 Å². The van der Waals surface area contributed by atoms with E-state index in [0.29, 0.717) is 16.7 Å². The molecule has 0 saturated carbocycles. The number of hydrogen-bond donors (Lipinski definition) is 2. The zero-order chi connectivity index (χ0) is 22.4. The van der Waals surface area contributed by atoms with Crippen molar-refractivity contribution in [3.8, 4) is 0 Å². The Balaban J connectivity index is 1.88. The van der Waals surface area contributed by atoms with Crippen molar-refractivity contribution in [2.75, 3.05) is 26.8 Å². The molecule has 2 aliphatic rings. The summed E-state index contributed by atoms with van der Waals surface area (Å²) in [5.41, 5.74) is 6.31. The lowest BCUT2D eigenvalue weighted by atomic mass is 9.81. The minimum absolute atomic E-state index is 0.0251. The lowest BCUT2D eigenvalue weighted by Gasteiger charge is -2.33. The lowest BCUT2D eigenvalue weighted by Crippen LogP contribution is -2.43. The quantitative estimate of drug-likeness (QED) is 0.604. The van der Waals surface area contributed by atoms with Crippen LogP contribution in [0.1, 0.15) is 22.7 Å². The minimum atomic E-state index is -4.43. The molecular weight excluding hydrogens is 488 g/mol. The third kappa shape index (κ3) is 3.76. The molecule has 3 N–H and O–H groups in total. The Kier molecular flexibility index (Phi) is 5.64. The topological polar surface area (TPSA) is 126 Å². The second-order valence-electron chi connectivity index (χ2n) is 7.36. The van der Waals surface area contributed by atoms with Crippen LogP contribution in [-0.2, 0) is 25.4 Å². The van der Waals surface area contributed by atoms with Gasteiger partial charge in [-0.05, 0) is 28.8 Å². The largest absolute Gasteiger partial charge is 0.378 e. The van der Waals surface area contributed by atoms with E-state index in [0.717, 1.165) is 8.78 Å². The van der Waals surface area contributed by atoms with Gasteiger partial charge in [-0.2, -0.15) is 12.7 Å². The van der Waals surface area contributed by atoms with Gasteiger partial charge >= 0.3 is 10.3 Å². The Labute approximate surface area is 188 Å². The van der Waals surface area contributed by atoms with Crippen molar-refractivity contribution in [1.82, 2.24) is 9.21 Å². The van der Waals surface area contributed by atoms with Crippen LogP contribution in [-0.4, -0.2) is 60.8 Å². The molecular formula is C20H21BrN4O5S. The molecule has 2 atom stereocenters. The SMILES string of the molecule is CN1C(=O)C(c2cccc(Br)c2)(c2cccc(C3COCCN3S(=O)(=O)O)c2)N=C1N. The van der Waals surface area contributed by atoms with Gasteiger partial charge < -0.3 is 10.5 Å². The molecule has 0 radical (unpaired) electrons. The molecule has 4 rings (SSSR count). The normalized spacial score (nSPS) is 25.0. The van der Waals surface area contributed by atoms with Crippen LogP contribution in [0, 0.1) is 0 Å². The number of aliphatic imine (C=N–C) groups is 1. The highest BCUT2D eigenvalue weighted by Gasteiger charge is 2.50. The van der Waals surface area contributed by atoms with Crippen LogP contribution >= 0.6 is 15.9 Å². The number of carbonyl (C=O) groups is 1. The molecule has 9 nitrogen and oxygen atoms in total. The molecule has 2 aliphatic heterocycles. The predicted molar refractivity (Wildman–Crippen MR) is 118 cm³/mol. The summed E-state index contributed by atoms with van der Waals surface area (Å²) in [4.78, 5) is 19.3. The van der Waals surface area contributed by atoms with Crippen LogP contribution in [0.2, 0.25) is 0 Å². The monoisotopic (exact) mass is 508 g/mol. The van der Waals surface area contributed by atoms with E-state index >= 15 is 0 Å². The summed E-state index contributed by atoms with van der Waals surface area (Å²) < 4.78 is 40.7. The van der Waals surface area contributed by atoms with E-state index in [9.17, 15) is 17.8 Å². The number of guanidine groups is 1. The standard InChI is InChI=1S/C20H21BrN4O5S/c1-24-18(26)20(23-19(24)22,15-6-3-7-16(21)11-15)14-5-2-4-13(10-14)17-12-30-9-8-25(17)31(27,28)29/h2-7,10-11,17H,8-9,12H2,1H3,(H2,22,23)(H,27,28,29). The molecule has 1 saturated heterocycles. The van der Waals surface area contributed by atoms with E-state index in [4.69, 9.17) is 10.5 Å². The number of nitrogens with two attached hydrogens (primary N) is 1. The van der Waals surface area contributed by atoms with Crippen molar-refractivity contribution in [2.24, 2.45) is 10.7 Å². The van der Waals surface area contributed by atoms with Gasteiger partial charge in [0.1, 0.15) is 0 Å². The maximum Gasteiger partial charge on any atom is 0.336 e. The Morgan fingerprint density at radius 2 is 1.90 bits per heavy atom. The maximum absolute atomic E-state index is 13.4. The van der Waals surface area contributed by atoms with Crippen LogP contribution in [0.3, 0.4) is 0 Å². The summed E-state index contributed by atoms with van der Waals surface area (Å²) in [7, 11) is -2.88. The summed E-state index contributed by atoms with van der Waals surface area (Å²) in [5, 5.41) is 0. The highest BCUT2D eigenvalue weighted by molar-refractivity contribution is 9.10. The first-order chi connectivity index (χ1) is 14.6. The van der Waals surface area contributed by atoms with Gasteiger partial charge in [-0.25, -0.2) is 4.99 Å². The summed E-state index contributed by atoms with van der Waals surface area (Å²) >= 11 is 3.44. The maximum atomic E-state index is 13.4. The average Bonchev–Trinajstić information content (AvgIpc) is 2.98. The van der Waals surface area contributed by atoms with Crippen LogP contribution in [0.15, 0.2) is 58.0 Å².